The quantitative estimate of drug-likeness (QED) is 0.703. The average Bonchev–Trinajstić information content (AvgIpc) is 3.06. The van der Waals surface area contributed by atoms with Crippen molar-refractivity contribution in [3.8, 4) is 0 Å². The molecule has 0 unspecified atom stereocenters. The Morgan fingerprint density at radius 3 is 2.68 bits per heavy atom. The van der Waals surface area contributed by atoms with Crippen LogP contribution in [0.3, 0.4) is 0 Å². The van der Waals surface area contributed by atoms with E-state index in [9.17, 15) is 0 Å². The van der Waals surface area contributed by atoms with Crippen molar-refractivity contribution >= 4 is 11.6 Å². The van der Waals surface area contributed by atoms with Crippen LogP contribution in [0.2, 0.25) is 5.15 Å². The predicted octanol–water partition coefficient (Wildman–Crippen LogP) is 5.07. The van der Waals surface area contributed by atoms with Gasteiger partial charge in [0.2, 0.25) is 0 Å². The highest BCUT2D eigenvalue weighted by atomic mass is 35.5. The number of rotatable bonds is 6. The van der Waals surface area contributed by atoms with Gasteiger partial charge in [-0.05, 0) is 57.5 Å². The summed E-state index contributed by atoms with van der Waals surface area (Å²) < 4.78 is 8.61. The minimum Gasteiger partial charge on any atom is -0.374 e. The molecule has 0 radical (unpaired) electrons. The normalized spacial score (nSPS) is 29.0. The molecule has 1 spiro atoms. The number of unbranched alkanes of at least 4 members (excludes halogenated alkanes) is 1. The molecule has 142 valence electrons. The Balaban J connectivity index is 1.63. The van der Waals surface area contributed by atoms with Gasteiger partial charge in [-0.3, -0.25) is 4.90 Å². The highest BCUT2D eigenvalue weighted by Gasteiger charge is 2.46. The molecule has 4 nitrogen and oxygen atoms in total. The lowest BCUT2D eigenvalue weighted by atomic mass is 9.75. The molecule has 2 fully saturated rings. The Labute approximate surface area is 157 Å². The summed E-state index contributed by atoms with van der Waals surface area (Å²) in [6.07, 6.45) is 10.3. The highest BCUT2D eigenvalue weighted by Crippen LogP contribution is 2.49. The molecule has 25 heavy (non-hydrogen) atoms. The first-order chi connectivity index (χ1) is 11.8. The standard InChI is InChI=1S/C20H34ClN3O/c1-5-6-11-23(4)13-18-22-17(21)12-24(18)16-7-9-20(10-8-16)14-19(2,3)15-25-20/h12,16H,5-11,13-15H2,1-4H3. The van der Waals surface area contributed by atoms with Gasteiger partial charge in [-0.25, -0.2) is 4.98 Å². The first-order valence-corrected chi connectivity index (χ1v) is 10.3. The molecule has 5 heteroatoms. The average molecular weight is 368 g/mol. The lowest BCUT2D eigenvalue weighted by Gasteiger charge is -2.38. The minimum absolute atomic E-state index is 0.127. The van der Waals surface area contributed by atoms with Crippen LogP contribution in [0.15, 0.2) is 6.20 Å². The van der Waals surface area contributed by atoms with Crippen molar-refractivity contribution in [2.24, 2.45) is 5.41 Å². The predicted molar refractivity (Wildman–Crippen MR) is 103 cm³/mol. The number of hydrogen-bond acceptors (Lipinski definition) is 3. The van der Waals surface area contributed by atoms with Gasteiger partial charge in [0.05, 0.1) is 18.8 Å². The third-order valence-corrected chi connectivity index (χ3v) is 6.10. The van der Waals surface area contributed by atoms with E-state index in [0.29, 0.717) is 16.6 Å². The first-order valence-electron chi connectivity index (χ1n) is 9.88. The molecule has 1 aliphatic heterocycles. The van der Waals surface area contributed by atoms with Gasteiger partial charge < -0.3 is 9.30 Å². The van der Waals surface area contributed by atoms with E-state index < -0.39 is 0 Å². The molecule has 0 amide bonds. The summed E-state index contributed by atoms with van der Waals surface area (Å²) in [5.74, 6) is 1.11. The van der Waals surface area contributed by atoms with E-state index in [1.165, 1.54) is 19.3 Å². The number of ether oxygens (including phenoxy) is 1. The summed E-state index contributed by atoms with van der Waals surface area (Å²) in [7, 11) is 2.17. The van der Waals surface area contributed by atoms with E-state index >= 15 is 0 Å². The van der Waals surface area contributed by atoms with Crippen LogP contribution in [0.4, 0.5) is 0 Å². The van der Waals surface area contributed by atoms with Gasteiger partial charge in [0.1, 0.15) is 11.0 Å². The largest absolute Gasteiger partial charge is 0.374 e. The molecule has 0 atom stereocenters. The summed E-state index contributed by atoms with van der Waals surface area (Å²) in [5, 5.41) is 0.623. The first kappa shape index (κ1) is 19.2. The molecule has 0 aromatic carbocycles. The summed E-state index contributed by atoms with van der Waals surface area (Å²) in [4.78, 5) is 6.95. The van der Waals surface area contributed by atoms with Gasteiger partial charge in [-0.2, -0.15) is 0 Å². The molecule has 1 aromatic rings. The van der Waals surface area contributed by atoms with Crippen molar-refractivity contribution in [1.29, 1.82) is 0 Å². The molecule has 1 aromatic heterocycles. The Hall–Kier alpha value is -0.580. The molecule has 3 rings (SSSR count). The third kappa shape index (κ3) is 4.58. The van der Waals surface area contributed by atoms with Crippen molar-refractivity contribution in [3.05, 3.63) is 17.2 Å². The maximum atomic E-state index is 6.27. The molecular weight excluding hydrogens is 334 g/mol. The second kappa shape index (κ2) is 7.58. The lowest BCUT2D eigenvalue weighted by Crippen LogP contribution is -2.35. The third-order valence-electron chi connectivity index (χ3n) is 5.91. The Morgan fingerprint density at radius 2 is 2.08 bits per heavy atom. The van der Waals surface area contributed by atoms with Gasteiger partial charge in [-0.15, -0.1) is 0 Å². The van der Waals surface area contributed by atoms with Crippen molar-refractivity contribution in [2.45, 2.75) is 83.9 Å². The van der Waals surface area contributed by atoms with Crippen LogP contribution in [-0.4, -0.2) is 40.3 Å². The lowest BCUT2D eigenvalue weighted by molar-refractivity contribution is -0.0345. The van der Waals surface area contributed by atoms with E-state index in [-0.39, 0.29) is 5.60 Å². The number of nitrogens with zero attached hydrogens (tertiary/aromatic N) is 3. The van der Waals surface area contributed by atoms with Gasteiger partial charge in [0.15, 0.2) is 0 Å². The van der Waals surface area contributed by atoms with Crippen molar-refractivity contribution in [3.63, 3.8) is 0 Å². The monoisotopic (exact) mass is 367 g/mol. The second-order valence-corrected chi connectivity index (χ2v) is 9.41. The fourth-order valence-corrected chi connectivity index (χ4v) is 4.83. The van der Waals surface area contributed by atoms with Crippen molar-refractivity contribution in [2.75, 3.05) is 20.2 Å². The Bertz CT molecular complexity index is 575. The van der Waals surface area contributed by atoms with Crippen LogP contribution in [0, 0.1) is 5.41 Å². The van der Waals surface area contributed by atoms with E-state index in [4.69, 9.17) is 16.3 Å². The molecule has 1 aliphatic carbocycles. The maximum Gasteiger partial charge on any atom is 0.147 e. The van der Waals surface area contributed by atoms with Gasteiger partial charge in [0, 0.05) is 12.2 Å². The number of imidazole rings is 1. The molecule has 0 bridgehead atoms. The minimum atomic E-state index is 0.127. The van der Waals surface area contributed by atoms with Crippen LogP contribution >= 0.6 is 11.6 Å². The maximum absolute atomic E-state index is 6.27. The SMILES string of the molecule is CCCCN(C)Cc1nc(Cl)cn1C1CCC2(CC1)CC(C)(C)CO2. The molecule has 0 N–H and O–H groups in total. The van der Waals surface area contributed by atoms with E-state index in [1.54, 1.807) is 0 Å². The van der Waals surface area contributed by atoms with Crippen LogP contribution in [0.25, 0.3) is 0 Å². The Morgan fingerprint density at radius 1 is 1.36 bits per heavy atom. The molecule has 2 aliphatic rings. The summed E-state index contributed by atoms with van der Waals surface area (Å²) in [6, 6.07) is 0.507. The van der Waals surface area contributed by atoms with Gasteiger partial charge in [-0.1, -0.05) is 38.8 Å². The summed E-state index contributed by atoms with van der Waals surface area (Å²) in [5.41, 5.74) is 0.459. The zero-order chi connectivity index (χ0) is 18.1. The van der Waals surface area contributed by atoms with Crippen LogP contribution in [0.5, 0.6) is 0 Å². The van der Waals surface area contributed by atoms with Gasteiger partial charge in [0.25, 0.3) is 0 Å². The van der Waals surface area contributed by atoms with Gasteiger partial charge >= 0.3 is 0 Å². The molecule has 2 heterocycles. The number of hydrogen-bond donors (Lipinski definition) is 0. The van der Waals surface area contributed by atoms with E-state index in [2.05, 4.69) is 42.3 Å². The zero-order valence-electron chi connectivity index (χ0n) is 16.4. The second-order valence-electron chi connectivity index (χ2n) is 9.02. The van der Waals surface area contributed by atoms with E-state index in [0.717, 1.165) is 51.2 Å². The summed E-state index contributed by atoms with van der Waals surface area (Å²) >= 11 is 6.26. The molecule has 1 saturated heterocycles. The van der Waals surface area contributed by atoms with Crippen LogP contribution in [-0.2, 0) is 11.3 Å². The van der Waals surface area contributed by atoms with E-state index in [1.807, 2.05) is 6.20 Å². The fraction of sp³-hybridized carbons (Fsp3) is 0.850. The summed E-state index contributed by atoms with van der Waals surface area (Å²) in [6.45, 7) is 9.77. The topological polar surface area (TPSA) is 30.3 Å². The fourth-order valence-electron chi connectivity index (χ4n) is 4.63. The Kier molecular flexibility index (Phi) is 5.81. The molecular formula is C20H34ClN3O. The number of halogens is 1. The smallest absolute Gasteiger partial charge is 0.147 e. The van der Waals surface area contributed by atoms with Crippen molar-refractivity contribution < 1.29 is 4.74 Å². The highest BCUT2D eigenvalue weighted by molar-refractivity contribution is 6.29. The van der Waals surface area contributed by atoms with Crippen LogP contribution < -0.4 is 0 Å². The van der Waals surface area contributed by atoms with Crippen molar-refractivity contribution in [1.82, 2.24) is 14.5 Å². The van der Waals surface area contributed by atoms with Crippen LogP contribution in [0.1, 0.15) is 77.6 Å². The number of aromatic nitrogens is 2. The zero-order valence-corrected chi connectivity index (χ0v) is 17.1. The molecule has 1 saturated carbocycles.